The Morgan fingerprint density at radius 1 is 0.935 bits per heavy atom. The molecule has 0 atom stereocenters. The summed E-state index contributed by atoms with van der Waals surface area (Å²) in [5.74, 6) is 1.39. The molecular weight excluding hydrogens is 388 g/mol. The molecule has 0 saturated heterocycles. The third kappa shape index (κ3) is 6.59. The molecule has 0 aliphatic carbocycles. The van der Waals surface area contributed by atoms with Crippen molar-refractivity contribution in [2.75, 3.05) is 32.6 Å². The second kappa shape index (κ2) is 11.2. The first kappa shape index (κ1) is 22.4. The Morgan fingerprint density at radius 3 is 2.42 bits per heavy atom. The van der Waals surface area contributed by atoms with E-state index in [1.54, 1.807) is 7.11 Å². The van der Waals surface area contributed by atoms with Crippen LogP contribution in [0.5, 0.6) is 11.5 Å². The summed E-state index contributed by atoms with van der Waals surface area (Å²) in [5.41, 5.74) is 4.22. The van der Waals surface area contributed by atoms with E-state index in [-0.39, 0.29) is 12.5 Å². The van der Waals surface area contributed by atoms with Crippen molar-refractivity contribution in [1.29, 1.82) is 0 Å². The largest absolute Gasteiger partial charge is 0.493 e. The van der Waals surface area contributed by atoms with Crippen molar-refractivity contribution in [1.82, 2.24) is 4.90 Å². The topological polar surface area (TPSA) is 50.8 Å². The second-order valence-corrected chi connectivity index (χ2v) is 7.46. The normalized spacial score (nSPS) is 10.7. The van der Waals surface area contributed by atoms with Gasteiger partial charge >= 0.3 is 0 Å². The minimum atomic E-state index is -0.0408. The molecule has 0 spiro atoms. The molecule has 3 rings (SSSR count). The smallest absolute Gasteiger partial charge is 0.238 e. The van der Waals surface area contributed by atoms with E-state index in [9.17, 15) is 4.79 Å². The van der Waals surface area contributed by atoms with Crippen molar-refractivity contribution in [2.24, 2.45) is 0 Å². The monoisotopic (exact) mass is 418 g/mol. The lowest BCUT2D eigenvalue weighted by Gasteiger charge is -2.18. The van der Waals surface area contributed by atoms with Gasteiger partial charge in [-0.15, -0.1) is 0 Å². The minimum Gasteiger partial charge on any atom is -0.493 e. The molecule has 3 aromatic carbocycles. The number of carbonyl (C=O) groups is 1. The highest BCUT2D eigenvalue weighted by molar-refractivity contribution is 5.93. The van der Waals surface area contributed by atoms with Crippen LogP contribution in [0.25, 0.3) is 0 Å². The fourth-order valence-corrected chi connectivity index (χ4v) is 3.50. The first-order chi connectivity index (χ1) is 15.1. The van der Waals surface area contributed by atoms with E-state index in [1.807, 2.05) is 73.5 Å². The maximum Gasteiger partial charge on any atom is 0.238 e. The van der Waals surface area contributed by atoms with Crippen LogP contribution in [0.2, 0.25) is 0 Å². The Kier molecular flexibility index (Phi) is 8.07. The van der Waals surface area contributed by atoms with E-state index in [2.05, 4.69) is 23.5 Å². The molecule has 31 heavy (non-hydrogen) atoms. The Labute approximate surface area is 184 Å². The number of nitrogens with zero attached hydrogens (tertiary/aromatic N) is 1. The van der Waals surface area contributed by atoms with Gasteiger partial charge in [0.15, 0.2) is 11.5 Å². The summed E-state index contributed by atoms with van der Waals surface area (Å²) in [4.78, 5) is 14.7. The Bertz CT molecular complexity index is 989. The van der Waals surface area contributed by atoms with E-state index in [1.165, 1.54) is 5.56 Å². The van der Waals surface area contributed by atoms with Crippen LogP contribution in [0.15, 0.2) is 72.8 Å². The SMILES string of the molecule is CCOc1ccc(CN(C)CC(=O)Nc2ccccc2Cc2ccccc2)cc1OC. The molecular formula is C26H30N2O3. The number of para-hydroxylation sites is 1. The molecule has 0 fully saturated rings. The van der Waals surface area contributed by atoms with Gasteiger partial charge < -0.3 is 14.8 Å². The molecule has 1 N–H and O–H groups in total. The van der Waals surface area contributed by atoms with Gasteiger partial charge in [0, 0.05) is 12.2 Å². The number of anilines is 1. The van der Waals surface area contributed by atoms with E-state index >= 15 is 0 Å². The molecule has 162 valence electrons. The highest BCUT2D eigenvalue weighted by Gasteiger charge is 2.12. The molecule has 0 saturated carbocycles. The summed E-state index contributed by atoms with van der Waals surface area (Å²) >= 11 is 0. The Morgan fingerprint density at radius 2 is 1.68 bits per heavy atom. The lowest BCUT2D eigenvalue weighted by molar-refractivity contribution is -0.117. The highest BCUT2D eigenvalue weighted by atomic mass is 16.5. The third-order valence-electron chi connectivity index (χ3n) is 4.92. The summed E-state index contributed by atoms with van der Waals surface area (Å²) in [6.07, 6.45) is 0.777. The molecule has 1 amide bonds. The second-order valence-electron chi connectivity index (χ2n) is 7.46. The predicted octanol–water partition coefficient (Wildman–Crippen LogP) is 4.76. The summed E-state index contributed by atoms with van der Waals surface area (Å²) in [7, 11) is 3.56. The number of benzene rings is 3. The summed E-state index contributed by atoms with van der Waals surface area (Å²) in [5, 5.41) is 3.07. The number of methoxy groups -OCH3 is 1. The first-order valence-electron chi connectivity index (χ1n) is 10.5. The maximum absolute atomic E-state index is 12.7. The van der Waals surface area contributed by atoms with Gasteiger partial charge in [-0.3, -0.25) is 9.69 Å². The van der Waals surface area contributed by atoms with E-state index in [4.69, 9.17) is 9.47 Å². The van der Waals surface area contributed by atoms with Crippen molar-refractivity contribution in [3.63, 3.8) is 0 Å². The molecule has 0 aliphatic heterocycles. The zero-order valence-electron chi connectivity index (χ0n) is 18.4. The van der Waals surface area contributed by atoms with Crippen LogP contribution in [-0.2, 0) is 17.8 Å². The molecule has 0 aliphatic rings. The van der Waals surface area contributed by atoms with E-state index < -0.39 is 0 Å². The molecule has 0 bridgehead atoms. The number of hydrogen-bond donors (Lipinski definition) is 1. The molecule has 5 nitrogen and oxygen atoms in total. The quantitative estimate of drug-likeness (QED) is 0.516. The number of hydrogen-bond acceptors (Lipinski definition) is 4. The molecule has 0 radical (unpaired) electrons. The molecule has 3 aromatic rings. The molecule has 5 heteroatoms. The van der Waals surface area contributed by atoms with Gasteiger partial charge in [-0.1, -0.05) is 54.6 Å². The van der Waals surface area contributed by atoms with Gasteiger partial charge in [-0.05, 0) is 55.3 Å². The fourth-order valence-electron chi connectivity index (χ4n) is 3.50. The molecule has 0 unspecified atom stereocenters. The highest BCUT2D eigenvalue weighted by Crippen LogP contribution is 2.28. The predicted molar refractivity (Wildman–Crippen MR) is 125 cm³/mol. The number of carbonyl (C=O) groups excluding carboxylic acids is 1. The van der Waals surface area contributed by atoms with Crippen molar-refractivity contribution >= 4 is 11.6 Å². The van der Waals surface area contributed by atoms with Crippen LogP contribution in [0.4, 0.5) is 5.69 Å². The van der Waals surface area contributed by atoms with Crippen molar-refractivity contribution in [3.05, 3.63) is 89.5 Å². The van der Waals surface area contributed by atoms with Crippen molar-refractivity contribution in [3.8, 4) is 11.5 Å². The van der Waals surface area contributed by atoms with Crippen LogP contribution in [0.3, 0.4) is 0 Å². The van der Waals surface area contributed by atoms with Gasteiger partial charge in [0.1, 0.15) is 0 Å². The van der Waals surface area contributed by atoms with Crippen LogP contribution >= 0.6 is 0 Å². The van der Waals surface area contributed by atoms with Gasteiger partial charge in [0.2, 0.25) is 5.91 Å². The van der Waals surface area contributed by atoms with Gasteiger partial charge in [-0.25, -0.2) is 0 Å². The number of rotatable bonds is 10. The number of likely N-dealkylation sites (N-methyl/N-ethyl adjacent to an activating group) is 1. The standard InChI is InChI=1S/C26H30N2O3/c1-4-31-24-15-14-21(17-25(24)30-3)18-28(2)19-26(29)27-23-13-9-8-12-22(23)16-20-10-6-5-7-11-20/h5-15,17H,4,16,18-19H2,1-3H3,(H,27,29). The zero-order chi connectivity index (χ0) is 22.1. The average Bonchev–Trinajstić information content (AvgIpc) is 2.77. The summed E-state index contributed by atoms with van der Waals surface area (Å²) < 4.78 is 11.0. The number of ether oxygens (including phenoxy) is 2. The maximum atomic E-state index is 12.7. The van der Waals surface area contributed by atoms with Crippen LogP contribution in [0.1, 0.15) is 23.6 Å². The van der Waals surface area contributed by atoms with Crippen LogP contribution in [-0.4, -0.2) is 38.1 Å². The number of nitrogens with one attached hydrogen (secondary N) is 1. The lowest BCUT2D eigenvalue weighted by atomic mass is 10.0. The first-order valence-corrected chi connectivity index (χ1v) is 10.5. The minimum absolute atomic E-state index is 0.0408. The van der Waals surface area contributed by atoms with Gasteiger partial charge in [0.05, 0.1) is 20.3 Å². The zero-order valence-corrected chi connectivity index (χ0v) is 18.4. The fraction of sp³-hybridized carbons (Fsp3) is 0.269. The Hall–Kier alpha value is -3.31. The molecule has 0 aromatic heterocycles. The van der Waals surface area contributed by atoms with Crippen molar-refractivity contribution in [2.45, 2.75) is 19.9 Å². The third-order valence-corrected chi connectivity index (χ3v) is 4.92. The van der Waals surface area contributed by atoms with Crippen LogP contribution < -0.4 is 14.8 Å². The van der Waals surface area contributed by atoms with Gasteiger partial charge in [0.25, 0.3) is 0 Å². The Balaban J connectivity index is 1.60. The van der Waals surface area contributed by atoms with Crippen LogP contribution in [0, 0.1) is 0 Å². The van der Waals surface area contributed by atoms with E-state index in [0.717, 1.165) is 29.0 Å². The van der Waals surface area contributed by atoms with Crippen molar-refractivity contribution < 1.29 is 14.3 Å². The molecule has 0 heterocycles. The summed E-state index contributed by atoms with van der Waals surface area (Å²) in [6, 6.07) is 24.1. The van der Waals surface area contributed by atoms with E-state index in [0.29, 0.717) is 18.9 Å². The summed E-state index contributed by atoms with van der Waals surface area (Å²) in [6.45, 7) is 3.44. The number of amides is 1. The van der Waals surface area contributed by atoms with Gasteiger partial charge in [-0.2, -0.15) is 0 Å². The lowest BCUT2D eigenvalue weighted by Crippen LogP contribution is -2.30. The average molecular weight is 419 g/mol.